The Morgan fingerprint density at radius 2 is 1.55 bits per heavy atom. The Kier molecular flexibility index (Phi) is 10.1. The number of nitrogens with one attached hydrogen (secondary N) is 1. The van der Waals surface area contributed by atoms with Gasteiger partial charge in [0.15, 0.2) is 0 Å². The van der Waals surface area contributed by atoms with Crippen LogP contribution in [0.2, 0.25) is 0 Å². The standard InChI is InChI=1S/C34H45FN4O/c35-25-31-14-12-28(26-36-31)10-8-6-4-2-1-3-5-7-9-11-34(40)37-30-15-16-32-29(24-30)13-17-33(38-32)39-21-18-27(19-22-39)20-23-39/h12-17,24,26-27H,1-11,18-23,25H2/p+1. The molecule has 1 aromatic carbocycles. The van der Waals surface area contributed by atoms with Crippen molar-refractivity contribution < 1.29 is 9.18 Å². The Hall–Kier alpha value is -2.86. The van der Waals surface area contributed by atoms with E-state index in [4.69, 9.17) is 4.98 Å². The Morgan fingerprint density at radius 1 is 0.850 bits per heavy atom. The average molecular weight is 546 g/mol. The number of aromatic nitrogens is 2. The first-order valence-corrected chi connectivity index (χ1v) is 15.7. The Bertz CT molecular complexity index is 1220. The van der Waals surface area contributed by atoms with Gasteiger partial charge in [-0.3, -0.25) is 14.3 Å². The molecule has 3 saturated heterocycles. The van der Waals surface area contributed by atoms with Crippen molar-refractivity contribution in [2.45, 2.75) is 96.6 Å². The summed E-state index contributed by atoms with van der Waals surface area (Å²) in [5.74, 6) is 2.27. The highest BCUT2D eigenvalue weighted by atomic mass is 19.1. The fourth-order valence-corrected chi connectivity index (χ4v) is 6.62. The zero-order valence-corrected chi connectivity index (χ0v) is 24.1. The van der Waals surface area contributed by atoms with Crippen LogP contribution in [0.1, 0.15) is 94.7 Å². The lowest BCUT2D eigenvalue weighted by Crippen LogP contribution is -2.59. The van der Waals surface area contributed by atoms with Crippen molar-refractivity contribution in [3.05, 3.63) is 59.9 Å². The second-order valence-corrected chi connectivity index (χ2v) is 12.1. The van der Waals surface area contributed by atoms with Gasteiger partial charge in [0.1, 0.15) is 6.67 Å². The summed E-state index contributed by atoms with van der Waals surface area (Å²) in [5.41, 5.74) is 3.61. The number of anilines is 1. The summed E-state index contributed by atoms with van der Waals surface area (Å²) in [5, 5.41) is 4.19. The van der Waals surface area contributed by atoms with E-state index < -0.39 is 6.67 Å². The molecule has 1 N–H and O–H groups in total. The summed E-state index contributed by atoms with van der Waals surface area (Å²) < 4.78 is 13.6. The maximum Gasteiger partial charge on any atom is 0.228 e. The largest absolute Gasteiger partial charge is 0.326 e. The van der Waals surface area contributed by atoms with E-state index >= 15 is 0 Å². The van der Waals surface area contributed by atoms with Crippen molar-refractivity contribution in [3.8, 4) is 0 Å². The number of benzene rings is 1. The van der Waals surface area contributed by atoms with Gasteiger partial charge in [-0.05, 0) is 61.1 Å². The van der Waals surface area contributed by atoms with Gasteiger partial charge in [-0.1, -0.05) is 51.0 Å². The molecule has 3 aliphatic heterocycles. The topological polar surface area (TPSA) is 54.9 Å². The first-order chi connectivity index (χ1) is 19.6. The summed E-state index contributed by atoms with van der Waals surface area (Å²) in [4.78, 5) is 21.7. The molecule has 3 aliphatic rings. The zero-order valence-electron chi connectivity index (χ0n) is 24.1. The van der Waals surface area contributed by atoms with Crippen LogP contribution in [0, 0.1) is 5.92 Å². The molecule has 2 bridgehead atoms. The molecule has 0 saturated carbocycles. The van der Waals surface area contributed by atoms with Gasteiger partial charge in [0.2, 0.25) is 11.7 Å². The van der Waals surface area contributed by atoms with Crippen LogP contribution in [-0.2, 0) is 17.9 Å². The van der Waals surface area contributed by atoms with E-state index in [1.54, 1.807) is 6.07 Å². The number of amides is 1. The van der Waals surface area contributed by atoms with Gasteiger partial charge in [0.25, 0.3) is 0 Å². The summed E-state index contributed by atoms with van der Waals surface area (Å²) in [6, 6.07) is 14.3. The van der Waals surface area contributed by atoms with E-state index in [-0.39, 0.29) is 5.91 Å². The van der Waals surface area contributed by atoms with E-state index in [0.717, 1.165) is 46.3 Å². The minimum Gasteiger partial charge on any atom is -0.326 e. The van der Waals surface area contributed by atoms with Gasteiger partial charge >= 0.3 is 0 Å². The molecule has 1 amide bonds. The quantitative estimate of drug-likeness (QED) is 0.154. The molecule has 0 aliphatic carbocycles. The third kappa shape index (κ3) is 7.66. The lowest BCUT2D eigenvalue weighted by atomic mass is 9.85. The fraction of sp³-hybridized carbons (Fsp3) is 0.559. The number of carbonyl (C=O) groups excluding carboxylic acids is 1. The highest BCUT2D eigenvalue weighted by Gasteiger charge is 2.42. The zero-order chi connectivity index (χ0) is 27.6. The minimum absolute atomic E-state index is 0.105. The molecule has 5 heterocycles. The number of carbonyl (C=O) groups is 1. The molecular formula is C34H46FN4O+. The molecule has 6 heteroatoms. The van der Waals surface area contributed by atoms with Gasteiger partial charge in [-0.2, -0.15) is 4.98 Å². The van der Waals surface area contributed by atoms with Crippen LogP contribution in [-0.4, -0.2) is 35.5 Å². The molecule has 0 radical (unpaired) electrons. The van der Waals surface area contributed by atoms with E-state index in [2.05, 4.69) is 34.6 Å². The number of pyridine rings is 2. The molecule has 0 unspecified atom stereocenters. The van der Waals surface area contributed by atoms with Crippen LogP contribution in [0.4, 0.5) is 15.9 Å². The van der Waals surface area contributed by atoms with Crippen molar-refractivity contribution in [1.82, 2.24) is 14.5 Å². The minimum atomic E-state index is -0.488. The number of halogens is 1. The smallest absolute Gasteiger partial charge is 0.228 e. The van der Waals surface area contributed by atoms with Crippen molar-refractivity contribution in [2.75, 3.05) is 25.0 Å². The van der Waals surface area contributed by atoms with Gasteiger partial charge in [-0.25, -0.2) is 4.39 Å². The summed E-state index contributed by atoms with van der Waals surface area (Å²) >= 11 is 0. The number of alkyl halides is 1. The number of hydrogen-bond donors (Lipinski definition) is 1. The highest BCUT2D eigenvalue weighted by Crippen LogP contribution is 2.38. The average Bonchev–Trinajstić information content (AvgIpc) is 3.00. The van der Waals surface area contributed by atoms with Gasteiger partial charge < -0.3 is 5.32 Å². The normalized spacial score (nSPS) is 20.2. The van der Waals surface area contributed by atoms with Crippen molar-refractivity contribution in [3.63, 3.8) is 0 Å². The summed E-state index contributed by atoms with van der Waals surface area (Å²) in [6.07, 6.45) is 18.1. The molecule has 3 aromatic rings. The van der Waals surface area contributed by atoms with Gasteiger partial charge in [0, 0.05) is 49.0 Å². The van der Waals surface area contributed by atoms with Crippen LogP contribution in [0.3, 0.4) is 0 Å². The van der Waals surface area contributed by atoms with E-state index in [1.807, 2.05) is 18.3 Å². The summed E-state index contributed by atoms with van der Waals surface area (Å²) in [6.45, 7) is 3.21. The lowest BCUT2D eigenvalue weighted by molar-refractivity contribution is -0.116. The summed E-state index contributed by atoms with van der Waals surface area (Å²) in [7, 11) is 0. The molecule has 214 valence electrons. The number of fused-ring (bicyclic) bond motifs is 4. The maximum absolute atomic E-state index is 12.5. The first-order valence-electron chi connectivity index (χ1n) is 15.7. The van der Waals surface area contributed by atoms with Crippen LogP contribution in [0.15, 0.2) is 48.7 Å². The number of quaternary nitrogens is 1. The monoisotopic (exact) mass is 545 g/mol. The van der Waals surface area contributed by atoms with Crippen LogP contribution in [0.5, 0.6) is 0 Å². The molecular weight excluding hydrogens is 499 g/mol. The van der Waals surface area contributed by atoms with Gasteiger partial charge in [0.05, 0.1) is 30.8 Å². The molecule has 40 heavy (non-hydrogen) atoms. The molecule has 5 nitrogen and oxygen atoms in total. The molecule has 0 atom stereocenters. The predicted octanol–water partition coefficient (Wildman–Crippen LogP) is 8.30. The third-order valence-electron chi connectivity index (χ3n) is 9.23. The maximum atomic E-state index is 12.5. The molecule has 3 fully saturated rings. The number of piperidine rings is 3. The van der Waals surface area contributed by atoms with Crippen LogP contribution >= 0.6 is 0 Å². The Labute approximate surface area is 239 Å². The van der Waals surface area contributed by atoms with Crippen LogP contribution in [0.25, 0.3) is 10.9 Å². The van der Waals surface area contributed by atoms with E-state index in [0.29, 0.717) is 12.1 Å². The SMILES string of the molecule is O=C(CCCCCCCCCCCc1ccc(CF)nc1)Nc1ccc2nc([N+]34CCC(CC3)CC4)ccc2c1. The van der Waals surface area contributed by atoms with Gasteiger partial charge in [-0.15, -0.1) is 0 Å². The number of unbranched alkanes of at least 4 members (excludes halogenated alkanes) is 8. The number of nitrogens with zero attached hydrogens (tertiary/aromatic N) is 3. The Balaban J connectivity index is 0.927. The number of rotatable bonds is 15. The fourth-order valence-electron chi connectivity index (χ4n) is 6.62. The van der Waals surface area contributed by atoms with Crippen molar-refractivity contribution >= 4 is 28.3 Å². The second-order valence-electron chi connectivity index (χ2n) is 12.1. The van der Waals surface area contributed by atoms with Crippen molar-refractivity contribution in [2.24, 2.45) is 5.92 Å². The second kappa shape index (κ2) is 14.2. The first kappa shape index (κ1) is 28.7. The lowest BCUT2D eigenvalue weighted by Gasteiger charge is -2.47. The molecule has 6 rings (SSSR count). The van der Waals surface area contributed by atoms with E-state index in [9.17, 15) is 9.18 Å². The van der Waals surface area contributed by atoms with Crippen LogP contribution < -0.4 is 9.80 Å². The van der Waals surface area contributed by atoms with E-state index in [1.165, 1.54) is 95.2 Å². The molecule has 2 aromatic heterocycles. The Morgan fingerprint density at radius 3 is 2.23 bits per heavy atom. The molecule has 0 spiro atoms. The van der Waals surface area contributed by atoms with Crippen molar-refractivity contribution in [1.29, 1.82) is 0 Å². The number of aryl methyl sites for hydroxylation is 1. The number of hydrogen-bond acceptors (Lipinski definition) is 3. The highest BCUT2D eigenvalue weighted by molar-refractivity contribution is 5.93. The third-order valence-corrected chi connectivity index (χ3v) is 9.23. The predicted molar refractivity (Wildman–Crippen MR) is 163 cm³/mol.